The SMILES string of the molecule is CC1=CC(C)C2(COC(=O)NC3CCCCC3)COC(c3ccc4c(c3)OCO4)C1C2C. The lowest BCUT2D eigenvalue weighted by Gasteiger charge is -2.55. The molecule has 6 nitrogen and oxygen atoms in total. The zero-order valence-electron chi connectivity index (χ0n) is 19.4. The fourth-order valence-electron chi connectivity index (χ4n) is 6.30. The summed E-state index contributed by atoms with van der Waals surface area (Å²) in [6.45, 7) is 7.93. The number of carbonyl (C=O) groups is 1. The third-order valence-electron chi connectivity index (χ3n) is 8.37. The lowest BCUT2D eigenvalue weighted by molar-refractivity contribution is -0.165. The Morgan fingerprint density at radius 2 is 1.94 bits per heavy atom. The second kappa shape index (κ2) is 8.62. The number of amides is 1. The number of ether oxygens (including phenoxy) is 4. The van der Waals surface area contributed by atoms with Gasteiger partial charge < -0.3 is 24.3 Å². The average molecular weight is 442 g/mol. The number of benzene rings is 1. The minimum atomic E-state index is -0.286. The van der Waals surface area contributed by atoms with E-state index in [1.807, 2.05) is 12.1 Å². The summed E-state index contributed by atoms with van der Waals surface area (Å²) in [6, 6.07) is 6.35. The Labute approximate surface area is 190 Å². The van der Waals surface area contributed by atoms with Crippen LogP contribution in [0.2, 0.25) is 0 Å². The predicted octanol–water partition coefficient (Wildman–Crippen LogP) is 5.38. The summed E-state index contributed by atoms with van der Waals surface area (Å²) in [6.07, 6.45) is 7.76. The van der Waals surface area contributed by atoms with Gasteiger partial charge in [-0.2, -0.15) is 0 Å². The number of rotatable bonds is 4. The largest absolute Gasteiger partial charge is 0.454 e. The van der Waals surface area contributed by atoms with Crippen LogP contribution in [0.15, 0.2) is 29.8 Å². The molecule has 1 N–H and O–H groups in total. The predicted molar refractivity (Wildman–Crippen MR) is 121 cm³/mol. The highest BCUT2D eigenvalue weighted by Crippen LogP contribution is 2.56. The van der Waals surface area contributed by atoms with Crippen LogP contribution in [0.25, 0.3) is 0 Å². The van der Waals surface area contributed by atoms with Gasteiger partial charge in [0.15, 0.2) is 11.5 Å². The maximum atomic E-state index is 12.6. The van der Waals surface area contributed by atoms with Gasteiger partial charge in [0.2, 0.25) is 6.79 Å². The number of allylic oxidation sites excluding steroid dienone is 1. The first-order valence-electron chi connectivity index (χ1n) is 12.1. The van der Waals surface area contributed by atoms with E-state index in [1.165, 1.54) is 24.8 Å². The topological polar surface area (TPSA) is 66.0 Å². The summed E-state index contributed by atoms with van der Waals surface area (Å²) >= 11 is 0. The van der Waals surface area contributed by atoms with Crippen LogP contribution in [0.4, 0.5) is 4.79 Å². The van der Waals surface area contributed by atoms with Crippen LogP contribution in [0, 0.1) is 23.2 Å². The van der Waals surface area contributed by atoms with Crippen molar-refractivity contribution in [3.05, 3.63) is 35.4 Å². The Hall–Kier alpha value is -2.21. The highest BCUT2D eigenvalue weighted by molar-refractivity contribution is 5.67. The molecule has 1 saturated heterocycles. The van der Waals surface area contributed by atoms with Crippen LogP contribution in [0.3, 0.4) is 0 Å². The van der Waals surface area contributed by atoms with E-state index in [0.717, 1.165) is 29.9 Å². The monoisotopic (exact) mass is 441 g/mol. The van der Waals surface area contributed by atoms with Crippen molar-refractivity contribution in [2.24, 2.45) is 23.2 Å². The summed E-state index contributed by atoms with van der Waals surface area (Å²) in [5, 5.41) is 3.08. The van der Waals surface area contributed by atoms with Crippen molar-refractivity contribution in [1.82, 2.24) is 5.32 Å². The number of nitrogens with one attached hydrogen (secondary N) is 1. The lowest BCUT2D eigenvalue weighted by Crippen LogP contribution is -2.55. The third kappa shape index (κ3) is 3.76. The molecule has 0 spiro atoms. The first-order chi connectivity index (χ1) is 15.5. The van der Waals surface area contributed by atoms with E-state index in [4.69, 9.17) is 18.9 Å². The third-order valence-corrected chi connectivity index (χ3v) is 8.37. The van der Waals surface area contributed by atoms with Crippen LogP contribution in [-0.2, 0) is 9.47 Å². The highest BCUT2D eigenvalue weighted by Gasteiger charge is 2.54. The molecule has 4 aliphatic rings. The van der Waals surface area contributed by atoms with Crippen molar-refractivity contribution in [3.8, 4) is 11.5 Å². The van der Waals surface area contributed by atoms with E-state index in [2.05, 4.69) is 38.2 Å². The zero-order chi connectivity index (χ0) is 22.3. The van der Waals surface area contributed by atoms with Gasteiger partial charge in [0.25, 0.3) is 0 Å². The summed E-state index contributed by atoms with van der Waals surface area (Å²) in [7, 11) is 0. The molecule has 1 amide bonds. The molecular formula is C26H35NO5. The van der Waals surface area contributed by atoms with Crippen molar-refractivity contribution in [1.29, 1.82) is 0 Å². The molecule has 2 bridgehead atoms. The summed E-state index contributed by atoms with van der Waals surface area (Å²) in [4.78, 5) is 12.6. The standard InChI is InChI=1S/C26H35NO5/c1-16-11-17(2)26(14-30-25(28)27-20-7-5-4-6-8-20)13-29-24(23(16)18(26)3)19-9-10-21-22(12-19)32-15-31-21/h9-12,17-18,20,23-24H,4-8,13-15H2,1-3H3,(H,27,28). The summed E-state index contributed by atoms with van der Waals surface area (Å²) in [5.74, 6) is 2.38. The lowest BCUT2D eigenvalue weighted by atomic mass is 9.56. The maximum Gasteiger partial charge on any atom is 0.407 e. The summed E-state index contributed by atoms with van der Waals surface area (Å²) in [5.41, 5.74) is 2.23. The number of hydrogen-bond donors (Lipinski definition) is 1. The average Bonchev–Trinajstić information content (AvgIpc) is 3.25. The van der Waals surface area contributed by atoms with E-state index < -0.39 is 0 Å². The van der Waals surface area contributed by atoms with E-state index in [1.54, 1.807) is 0 Å². The quantitative estimate of drug-likeness (QED) is 0.636. The number of fused-ring (bicyclic) bond motifs is 3. The smallest absolute Gasteiger partial charge is 0.407 e. The molecule has 5 atom stereocenters. The molecule has 0 aromatic heterocycles. The first kappa shape index (κ1) is 21.6. The van der Waals surface area contributed by atoms with Crippen LogP contribution in [0.1, 0.15) is 64.5 Å². The molecule has 2 fully saturated rings. The molecule has 5 rings (SSSR count). The van der Waals surface area contributed by atoms with Crippen molar-refractivity contribution in [2.75, 3.05) is 20.0 Å². The van der Waals surface area contributed by atoms with Gasteiger partial charge in [-0.25, -0.2) is 4.79 Å². The molecule has 2 heterocycles. The van der Waals surface area contributed by atoms with Crippen LogP contribution in [-0.4, -0.2) is 32.1 Å². The molecular weight excluding hydrogens is 406 g/mol. The minimum Gasteiger partial charge on any atom is -0.454 e. The van der Waals surface area contributed by atoms with Gasteiger partial charge in [-0.1, -0.05) is 50.8 Å². The van der Waals surface area contributed by atoms with Crippen LogP contribution < -0.4 is 14.8 Å². The number of carbonyl (C=O) groups excluding carboxylic acids is 1. The van der Waals surface area contributed by atoms with Crippen LogP contribution in [0.5, 0.6) is 11.5 Å². The van der Waals surface area contributed by atoms with Gasteiger partial charge in [0.05, 0.1) is 12.7 Å². The number of hydrogen-bond acceptors (Lipinski definition) is 5. The Balaban J connectivity index is 1.32. The van der Waals surface area contributed by atoms with Crippen molar-refractivity contribution in [3.63, 3.8) is 0 Å². The molecule has 32 heavy (non-hydrogen) atoms. The van der Waals surface area contributed by atoms with E-state index in [0.29, 0.717) is 19.1 Å². The normalized spacial score (nSPS) is 34.0. The van der Waals surface area contributed by atoms with Crippen molar-refractivity contribution >= 4 is 6.09 Å². The van der Waals surface area contributed by atoms with E-state index in [9.17, 15) is 4.79 Å². The van der Waals surface area contributed by atoms with Gasteiger partial charge in [-0.15, -0.1) is 0 Å². The molecule has 1 aromatic rings. The Morgan fingerprint density at radius 3 is 2.75 bits per heavy atom. The minimum absolute atomic E-state index is 0.0487. The van der Waals surface area contributed by atoms with Gasteiger partial charge in [0.1, 0.15) is 6.61 Å². The molecule has 6 heteroatoms. The second-order valence-corrected chi connectivity index (χ2v) is 10.1. The van der Waals surface area contributed by atoms with Crippen LogP contribution >= 0.6 is 0 Å². The van der Waals surface area contributed by atoms with Gasteiger partial charge >= 0.3 is 6.09 Å². The summed E-state index contributed by atoms with van der Waals surface area (Å²) < 4.78 is 23.5. The van der Waals surface area contributed by atoms with E-state index >= 15 is 0 Å². The van der Waals surface area contributed by atoms with Gasteiger partial charge in [-0.3, -0.25) is 0 Å². The fraction of sp³-hybridized carbons (Fsp3) is 0.654. The first-order valence-corrected chi connectivity index (χ1v) is 12.1. The highest BCUT2D eigenvalue weighted by atomic mass is 16.7. The molecule has 5 unspecified atom stereocenters. The van der Waals surface area contributed by atoms with Crippen molar-refractivity contribution in [2.45, 2.75) is 65.0 Å². The zero-order valence-corrected chi connectivity index (χ0v) is 19.4. The molecule has 2 aliphatic heterocycles. The maximum absolute atomic E-state index is 12.6. The molecule has 1 saturated carbocycles. The Bertz CT molecular complexity index is 892. The molecule has 1 aromatic carbocycles. The molecule has 2 aliphatic carbocycles. The number of alkyl carbamates (subject to hydrolysis) is 1. The van der Waals surface area contributed by atoms with Gasteiger partial charge in [-0.05, 0) is 49.3 Å². The Morgan fingerprint density at radius 1 is 1.16 bits per heavy atom. The van der Waals surface area contributed by atoms with Gasteiger partial charge in [0, 0.05) is 17.4 Å². The van der Waals surface area contributed by atoms with Crippen molar-refractivity contribution < 1.29 is 23.7 Å². The second-order valence-electron chi connectivity index (χ2n) is 10.1. The molecule has 174 valence electrons. The fourth-order valence-corrected chi connectivity index (χ4v) is 6.30. The molecule has 0 radical (unpaired) electrons. The Kier molecular flexibility index (Phi) is 5.82. The van der Waals surface area contributed by atoms with E-state index in [-0.39, 0.29) is 42.3 Å².